The van der Waals surface area contributed by atoms with Crippen molar-refractivity contribution in [3.8, 4) is 11.5 Å². The number of hydrogen-bond acceptors (Lipinski definition) is 4. The molecule has 33 heavy (non-hydrogen) atoms. The molecule has 0 radical (unpaired) electrons. The minimum Gasteiger partial charge on any atom is -0.453 e. The lowest BCUT2D eigenvalue weighted by Gasteiger charge is -2.39. The molecule has 0 atom stereocenters. The van der Waals surface area contributed by atoms with Crippen molar-refractivity contribution in [1.29, 1.82) is 0 Å². The van der Waals surface area contributed by atoms with E-state index in [1.54, 1.807) is 0 Å². The molecule has 1 aliphatic rings. The summed E-state index contributed by atoms with van der Waals surface area (Å²) in [6.07, 6.45) is 0. The SMILES string of the molecule is CCN(CC)c1ccc2c(c1)Oc1cc(N(CC)CC)ccc1N2C(=O)N(C(C)C)C(C)C. The summed E-state index contributed by atoms with van der Waals surface area (Å²) in [4.78, 5) is 22.3. The van der Waals surface area contributed by atoms with Crippen LogP contribution in [-0.2, 0) is 0 Å². The van der Waals surface area contributed by atoms with Crippen LogP contribution in [0.15, 0.2) is 36.4 Å². The Morgan fingerprint density at radius 3 is 1.48 bits per heavy atom. The molecule has 2 aromatic rings. The highest BCUT2D eigenvalue weighted by Crippen LogP contribution is 2.49. The molecule has 0 saturated carbocycles. The Labute approximate surface area is 199 Å². The van der Waals surface area contributed by atoms with E-state index in [-0.39, 0.29) is 18.1 Å². The van der Waals surface area contributed by atoms with Crippen molar-refractivity contribution in [2.24, 2.45) is 0 Å². The zero-order valence-corrected chi connectivity index (χ0v) is 21.6. The van der Waals surface area contributed by atoms with Gasteiger partial charge in [-0.3, -0.25) is 4.90 Å². The number of anilines is 4. The minimum absolute atomic E-state index is 0.0306. The summed E-state index contributed by atoms with van der Waals surface area (Å²) < 4.78 is 6.45. The van der Waals surface area contributed by atoms with Gasteiger partial charge in [0.2, 0.25) is 0 Å². The first-order valence-electron chi connectivity index (χ1n) is 12.3. The molecule has 0 bridgehead atoms. The highest BCUT2D eigenvalue weighted by Gasteiger charge is 2.35. The number of benzene rings is 2. The normalized spacial score (nSPS) is 12.4. The highest BCUT2D eigenvalue weighted by molar-refractivity contribution is 6.04. The molecule has 6 heteroatoms. The fourth-order valence-electron chi connectivity index (χ4n) is 4.72. The number of ether oxygens (including phenoxy) is 1. The average Bonchev–Trinajstić information content (AvgIpc) is 2.78. The van der Waals surface area contributed by atoms with Crippen molar-refractivity contribution in [3.05, 3.63) is 36.4 Å². The highest BCUT2D eigenvalue weighted by atomic mass is 16.5. The van der Waals surface area contributed by atoms with Gasteiger partial charge in [0.05, 0.1) is 11.4 Å². The van der Waals surface area contributed by atoms with Crippen LogP contribution in [0.3, 0.4) is 0 Å². The smallest absolute Gasteiger partial charge is 0.329 e. The minimum atomic E-state index is -0.0306. The zero-order valence-electron chi connectivity index (χ0n) is 21.6. The zero-order chi connectivity index (χ0) is 24.3. The van der Waals surface area contributed by atoms with Crippen molar-refractivity contribution in [1.82, 2.24) is 4.90 Å². The van der Waals surface area contributed by atoms with Crippen LogP contribution in [0.4, 0.5) is 27.5 Å². The van der Waals surface area contributed by atoms with Crippen LogP contribution >= 0.6 is 0 Å². The number of urea groups is 1. The molecular weight excluding hydrogens is 412 g/mol. The standard InChI is InChI=1S/C27H40N4O2/c1-9-28(10-2)21-13-15-23-25(17-21)33-26-18-22(29(11-3)12-4)14-16-24(26)31(23)27(32)30(19(5)6)20(7)8/h13-20H,9-12H2,1-8H3. The lowest BCUT2D eigenvalue weighted by molar-refractivity contribution is 0.173. The van der Waals surface area contributed by atoms with Gasteiger partial charge in [0.15, 0.2) is 11.5 Å². The second kappa shape index (κ2) is 10.4. The lowest BCUT2D eigenvalue weighted by atomic mass is 10.1. The second-order valence-corrected chi connectivity index (χ2v) is 8.96. The molecule has 2 amide bonds. The van der Waals surface area contributed by atoms with Crippen molar-refractivity contribution >= 4 is 28.8 Å². The monoisotopic (exact) mass is 452 g/mol. The van der Waals surface area contributed by atoms with E-state index in [0.29, 0.717) is 11.5 Å². The fraction of sp³-hybridized carbons (Fsp3) is 0.519. The molecular formula is C27H40N4O2. The Balaban J connectivity index is 2.17. The van der Waals surface area contributed by atoms with Crippen molar-refractivity contribution in [3.63, 3.8) is 0 Å². The van der Waals surface area contributed by atoms with Crippen molar-refractivity contribution in [2.75, 3.05) is 40.9 Å². The molecule has 0 spiro atoms. The summed E-state index contributed by atoms with van der Waals surface area (Å²) >= 11 is 0. The van der Waals surface area contributed by atoms with E-state index in [9.17, 15) is 4.79 Å². The second-order valence-electron chi connectivity index (χ2n) is 8.96. The molecule has 0 aliphatic carbocycles. The third-order valence-electron chi connectivity index (χ3n) is 6.37. The number of rotatable bonds is 8. The lowest BCUT2D eigenvalue weighted by Crippen LogP contribution is -2.48. The van der Waals surface area contributed by atoms with Crippen LogP contribution in [-0.4, -0.2) is 49.2 Å². The molecule has 0 saturated heterocycles. The van der Waals surface area contributed by atoms with E-state index in [0.717, 1.165) is 48.9 Å². The van der Waals surface area contributed by atoms with Gasteiger partial charge in [-0.25, -0.2) is 4.79 Å². The Morgan fingerprint density at radius 2 is 1.15 bits per heavy atom. The third-order valence-corrected chi connectivity index (χ3v) is 6.37. The van der Waals surface area contributed by atoms with Gasteiger partial charge in [-0.05, 0) is 79.7 Å². The van der Waals surface area contributed by atoms with Gasteiger partial charge in [0, 0.05) is 61.8 Å². The Kier molecular flexibility index (Phi) is 7.77. The van der Waals surface area contributed by atoms with Crippen molar-refractivity contribution < 1.29 is 9.53 Å². The fourth-order valence-corrected chi connectivity index (χ4v) is 4.72. The van der Waals surface area contributed by atoms with Crippen LogP contribution in [0.2, 0.25) is 0 Å². The Morgan fingerprint density at radius 1 is 0.758 bits per heavy atom. The number of carbonyl (C=O) groups is 1. The molecule has 2 aromatic carbocycles. The van der Waals surface area contributed by atoms with E-state index in [1.807, 2.05) is 21.9 Å². The van der Waals surface area contributed by atoms with Crippen LogP contribution in [0, 0.1) is 0 Å². The topological polar surface area (TPSA) is 39.3 Å². The number of amides is 2. The van der Waals surface area contributed by atoms with Gasteiger partial charge < -0.3 is 19.4 Å². The number of hydrogen-bond donors (Lipinski definition) is 0. The van der Waals surface area contributed by atoms with E-state index in [4.69, 9.17) is 4.74 Å². The largest absolute Gasteiger partial charge is 0.453 e. The third kappa shape index (κ3) is 4.75. The molecule has 1 heterocycles. The van der Waals surface area contributed by atoms with Crippen LogP contribution < -0.4 is 19.4 Å². The molecule has 0 aromatic heterocycles. The van der Waals surface area contributed by atoms with Gasteiger partial charge >= 0.3 is 6.03 Å². The molecule has 3 rings (SSSR count). The van der Waals surface area contributed by atoms with Crippen LogP contribution in [0.5, 0.6) is 11.5 Å². The maximum atomic E-state index is 13.9. The van der Waals surface area contributed by atoms with Crippen molar-refractivity contribution in [2.45, 2.75) is 67.5 Å². The first-order valence-corrected chi connectivity index (χ1v) is 12.3. The summed E-state index contributed by atoms with van der Waals surface area (Å²) in [6, 6.07) is 12.4. The molecule has 180 valence electrons. The van der Waals surface area contributed by atoms with Gasteiger partial charge in [-0.2, -0.15) is 0 Å². The summed E-state index contributed by atoms with van der Waals surface area (Å²) in [5.74, 6) is 1.42. The van der Waals surface area contributed by atoms with Gasteiger partial charge in [-0.1, -0.05) is 0 Å². The molecule has 0 unspecified atom stereocenters. The number of fused-ring (bicyclic) bond motifs is 2. The van der Waals surface area contributed by atoms with Gasteiger partial charge in [-0.15, -0.1) is 0 Å². The van der Waals surface area contributed by atoms with E-state index in [2.05, 4.69) is 89.5 Å². The average molecular weight is 453 g/mol. The van der Waals surface area contributed by atoms with E-state index in [1.165, 1.54) is 0 Å². The van der Waals surface area contributed by atoms with Gasteiger partial charge in [0.1, 0.15) is 0 Å². The predicted molar refractivity (Wildman–Crippen MR) is 140 cm³/mol. The first-order chi connectivity index (χ1) is 15.8. The predicted octanol–water partition coefficient (Wildman–Crippen LogP) is 6.86. The maximum absolute atomic E-state index is 13.9. The number of nitrogens with zero attached hydrogens (tertiary/aromatic N) is 4. The quantitative estimate of drug-likeness (QED) is 0.438. The first kappa shape index (κ1) is 24.7. The summed E-state index contributed by atoms with van der Waals surface area (Å²) in [6.45, 7) is 20.5. The van der Waals surface area contributed by atoms with Crippen LogP contribution in [0.1, 0.15) is 55.4 Å². The van der Waals surface area contributed by atoms with Gasteiger partial charge in [0.25, 0.3) is 0 Å². The Bertz CT molecular complexity index is 895. The molecule has 0 N–H and O–H groups in total. The molecule has 0 fully saturated rings. The van der Waals surface area contributed by atoms with E-state index < -0.39 is 0 Å². The molecule has 6 nitrogen and oxygen atoms in total. The summed E-state index contributed by atoms with van der Waals surface area (Å²) in [5, 5.41) is 0. The maximum Gasteiger partial charge on any atom is 0.329 e. The van der Waals surface area contributed by atoms with E-state index >= 15 is 0 Å². The summed E-state index contributed by atoms with van der Waals surface area (Å²) in [5.41, 5.74) is 3.76. The number of carbonyl (C=O) groups excluding carboxylic acids is 1. The van der Waals surface area contributed by atoms with Crippen LogP contribution in [0.25, 0.3) is 0 Å². The molecule has 1 aliphatic heterocycles. The Hall–Kier alpha value is -2.89. The summed E-state index contributed by atoms with van der Waals surface area (Å²) in [7, 11) is 0.